The van der Waals surface area contributed by atoms with E-state index < -0.39 is 5.82 Å². The number of hydrogen-bond acceptors (Lipinski definition) is 3. The maximum absolute atomic E-state index is 13.4. The highest BCUT2D eigenvalue weighted by Crippen LogP contribution is 2.07. The fourth-order valence-electron chi connectivity index (χ4n) is 1.69. The molecule has 0 aliphatic heterocycles. The van der Waals surface area contributed by atoms with Gasteiger partial charge in [0.1, 0.15) is 5.82 Å². The first-order valence-corrected chi connectivity index (χ1v) is 6.15. The summed E-state index contributed by atoms with van der Waals surface area (Å²) in [6.45, 7) is 3.84. The average Bonchev–Trinajstić information content (AvgIpc) is 2.27. The predicted octanol–water partition coefficient (Wildman–Crippen LogP) is 1.46. The van der Waals surface area contributed by atoms with Crippen molar-refractivity contribution in [3.8, 4) is 0 Å². The van der Waals surface area contributed by atoms with Crippen LogP contribution in [0.4, 0.5) is 4.39 Å². The van der Waals surface area contributed by atoms with E-state index in [9.17, 15) is 14.0 Å². The van der Waals surface area contributed by atoms with Crippen LogP contribution < -0.4 is 5.32 Å². The van der Waals surface area contributed by atoms with Crippen molar-refractivity contribution in [2.45, 2.75) is 19.9 Å². The summed E-state index contributed by atoms with van der Waals surface area (Å²) >= 11 is 0. The maximum atomic E-state index is 13.4. The van der Waals surface area contributed by atoms with Crippen molar-refractivity contribution in [3.05, 3.63) is 35.6 Å². The number of amides is 1. The highest BCUT2D eigenvalue weighted by atomic mass is 19.1. The number of rotatable bonds is 6. The molecular weight excluding hydrogens is 247 g/mol. The average molecular weight is 266 g/mol. The van der Waals surface area contributed by atoms with Crippen LogP contribution in [0.5, 0.6) is 0 Å². The van der Waals surface area contributed by atoms with Crippen LogP contribution >= 0.6 is 0 Å². The molecule has 1 amide bonds. The van der Waals surface area contributed by atoms with Crippen molar-refractivity contribution in [2.75, 3.05) is 20.1 Å². The minimum absolute atomic E-state index is 0.00640. The number of benzene rings is 1. The number of carbonyl (C=O) groups excluding carboxylic acids is 2. The van der Waals surface area contributed by atoms with E-state index in [0.717, 1.165) is 0 Å². The highest BCUT2D eigenvalue weighted by molar-refractivity contribution is 5.98. The second-order valence-corrected chi connectivity index (χ2v) is 4.80. The summed E-state index contributed by atoms with van der Waals surface area (Å²) in [7, 11) is 1.65. The van der Waals surface area contributed by atoms with Gasteiger partial charge in [-0.05, 0) is 33.0 Å². The van der Waals surface area contributed by atoms with Gasteiger partial charge in [-0.1, -0.05) is 12.1 Å². The monoisotopic (exact) mass is 266 g/mol. The van der Waals surface area contributed by atoms with Crippen molar-refractivity contribution < 1.29 is 14.0 Å². The number of Topliss-reactive ketones (excluding diaryl/α,β-unsaturated/α-hetero) is 1. The Kier molecular flexibility index (Phi) is 5.63. The zero-order valence-electron chi connectivity index (χ0n) is 11.4. The largest absolute Gasteiger partial charge is 0.353 e. The number of hydrogen-bond donors (Lipinski definition) is 1. The SMILES string of the molecule is CC(C)NC(=O)CN(C)CC(=O)c1ccccc1F. The fourth-order valence-corrected chi connectivity index (χ4v) is 1.69. The van der Waals surface area contributed by atoms with Crippen LogP contribution in [0.2, 0.25) is 0 Å². The van der Waals surface area contributed by atoms with Crippen molar-refractivity contribution in [1.82, 2.24) is 10.2 Å². The second-order valence-electron chi connectivity index (χ2n) is 4.80. The van der Waals surface area contributed by atoms with Crippen molar-refractivity contribution in [3.63, 3.8) is 0 Å². The molecule has 0 radical (unpaired) electrons. The van der Waals surface area contributed by atoms with E-state index in [4.69, 9.17) is 0 Å². The fraction of sp³-hybridized carbons (Fsp3) is 0.429. The van der Waals surface area contributed by atoms with E-state index in [1.165, 1.54) is 18.2 Å². The van der Waals surface area contributed by atoms with E-state index in [1.54, 1.807) is 18.0 Å². The molecular formula is C14H19FN2O2. The van der Waals surface area contributed by atoms with Gasteiger partial charge in [-0.2, -0.15) is 0 Å². The molecule has 0 saturated heterocycles. The van der Waals surface area contributed by atoms with Crippen LogP contribution in [-0.2, 0) is 4.79 Å². The normalized spacial score (nSPS) is 10.8. The summed E-state index contributed by atoms with van der Waals surface area (Å²) in [4.78, 5) is 24.9. The van der Waals surface area contributed by atoms with Crippen molar-refractivity contribution >= 4 is 11.7 Å². The quantitative estimate of drug-likeness (QED) is 0.793. The Morgan fingerprint density at radius 1 is 1.26 bits per heavy atom. The zero-order chi connectivity index (χ0) is 14.4. The van der Waals surface area contributed by atoms with Crippen LogP contribution in [0.15, 0.2) is 24.3 Å². The summed E-state index contributed by atoms with van der Waals surface area (Å²) in [5.74, 6) is -1.02. The van der Waals surface area contributed by atoms with Gasteiger partial charge in [-0.25, -0.2) is 4.39 Å². The summed E-state index contributed by atoms with van der Waals surface area (Å²) in [6, 6.07) is 5.90. The first-order chi connectivity index (χ1) is 8.90. The number of ketones is 1. The van der Waals surface area contributed by atoms with E-state index in [1.807, 2.05) is 13.8 Å². The van der Waals surface area contributed by atoms with E-state index in [-0.39, 0.29) is 36.4 Å². The predicted molar refractivity (Wildman–Crippen MR) is 71.5 cm³/mol. The molecule has 0 aliphatic rings. The van der Waals surface area contributed by atoms with E-state index in [0.29, 0.717) is 0 Å². The van der Waals surface area contributed by atoms with Gasteiger partial charge in [0.25, 0.3) is 0 Å². The Morgan fingerprint density at radius 2 is 1.89 bits per heavy atom. The van der Waals surface area contributed by atoms with Gasteiger partial charge in [0.05, 0.1) is 18.7 Å². The maximum Gasteiger partial charge on any atom is 0.234 e. The molecule has 1 aromatic carbocycles. The second kappa shape index (κ2) is 6.99. The lowest BCUT2D eigenvalue weighted by Crippen LogP contribution is -2.40. The molecule has 0 aliphatic carbocycles. The third-order valence-electron chi connectivity index (χ3n) is 2.45. The first kappa shape index (κ1) is 15.3. The van der Waals surface area contributed by atoms with Gasteiger partial charge < -0.3 is 5.32 Å². The Morgan fingerprint density at radius 3 is 2.47 bits per heavy atom. The third kappa shape index (κ3) is 5.18. The molecule has 1 N–H and O–H groups in total. The standard InChI is InChI=1S/C14H19FN2O2/c1-10(2)16-14(19)9-17(3)8-13(18)11-6-4-5-7-12(11)15/h4-7,10H,8-9H2,1-3H3,(H,16,19). The van der Waals surface area contributed by atoms with Gasteiger partial charge in [0, 0.05) is 6.04 Å². The minimum Gasteiger partial charge on any atom is -0.353 e. The lowest BCUT2D eigenvalue weighted by molar-refractivity contribution is -0.122. The number of nitrogens with one attached hydrogen (secondary N) is 1. The smallest absolute Gasteiger partial charge is 0.234 e. The Labute approximate surface area is 112 Å². The zero-order valence-corrected chi connectivity index (χ0v) is 11.4. The van der Waals surface area contributed by atoms with Gasteiger partial charge in [-0.3, -0.25) is 14.5 Å². The molecule has 0 heterocycles. The molecule has 4 nitrogen and oxygen atoms in total. The molecule has 104 valence electrons. The van der Waals surface area contributed by atoms with Crippen LogP contribution in [0, 0.1) is 5.82 Å². The topological polar surface area (TPSA) is 49.4 Å². The lowest BCUT2D eigenvalue weighted by Gasteiger charge is -2.16. The van der Waals surface area contributed by atoms with Gasteiger partial charge in [0.2, 0.25) is 5.91 Å². The summed E-state index contributed by atoms with van der Waals surface area (Å²) in [5, 5.41) is 2.73. The summed E-state index contributed by atoms with van der Waals surface area (Å²) in [5.41, 5.74) is 0.0543. The molecule has 0 aromatic heterocycles. The third-order valence-corrected chi connectivity index (χ3v) is 2.45. The van der Waals surface area contributed by atoms with Gasteiger partial charge in [-0.15, -0.1) is 0 Å². The van der Waals surface area contributed by atoms with Crippen LogP contribution in [0.1, 0.15) is 24.2 Å². The Bertz CT molecular complexity index is 461. The molecule has 0 atom stereocenters. The molecule has 0 unspecified atom stereocenters. The number of likely N-dealkylation sites (N-methyl/N-ethyl adjacent to an activating group) is 1. The molecule has 0 spiro atoms. The summed E-state index contributed by atoms with van der Waals surface area (Å²) in [6.07, 6.45) is 0. The van der Waals surface area contributed by atoms with Gasteiger partial charge in [0.15, 0.2) is 5.78 Å². The van der Waals surface area contributed by atoms with Crippen molar-refractivity contribution in [1.29, 1.82) is 0 Å². The first-order valence-electron chi connectivity index (χ1n) is 6.15. The summed E-state index contributed by atoms with van der Waals surface area (Å²) < 4.78 is 13.4. The van der Waals surface area contributed by atoms with E-state index >= 15 is 0 Å². The van der Waals surface area contributed by atoms with Crippen LogP contribution in [-0.4, -0.2) is 42.8 Å². The van der Waals surface area contributed by atoms with E-state index in [2.05, 4.69) is 5.32 Å². The molecule has 0 bridgehead atoms. The van der Waals surface area contributed by atoms with Crippen LogP contribution in [0.25, 0.3) is 0 Å². The van der Waals surface area contributed by atoms with Gasteiger partial charge >= 0.3 is 0 Å². The number of carbonyl (C=O) groups is 2. The van der Waals surface area contributed by atoms with Crippen LogP contribution in [0.3, 0.4) is 0 Å². The Balaban J connectivity index is 2.53. The number of nitrogens with zero attached hydrogens (tertiary/aromatic N) is 1. The minimum atomic E-state index is -0.535. The molecule has 0 fully saturated rings. The molecule has 19 heavy (non-hydrogen) atoms. The van der Waals surface area contributed by atoms with Crippen molar-refractivity contribution in [2.24, 2.45) is 0 Å². The highest BCUT2D eigenvalue weighted by Gasteiger charge is 2.15. The molecule has 0 saturated carbocycles. The lowest BCUT2D eigenvalue weighted by atomic mass is 10.1. The Hall–Kier alpha value is -1.75. The molecule has 1 aromatic rings. The number of halogens is 1. The molecule has 5 heteroatoms. The molecule has 1 rings (SSSR count).